The largest absolute Gasteiger partial charge is 0.347 e. The smallest absolute Gasteiger partial charge is 0.224 e. The minimum Gasteiger partial charge on any atom is -0.347 e. The molecule has 0 spiro atoms. The van der Waals surface area contributed by atoms with E-state index in [9.17, 15) is 4.79 Å². The molecule has 0 aliphatic carbocycles. The van der Waals surface area contributed by atoms with Gasteiger partial charge in [-0.05, 0) is 39.9 Å². The maximum absolute atomic E-state index is 12.6. The highest BCUT2D eigenvalue weighted by Gasteiger charge is 2.10. The molecule has 0 radical (unpaired) electrons. The number of aromatic nitrogens is 1. The van der Waals surface area contributed by atoms with Gasteiger partial charge in [0.25, 0.3) is 0 Å². The summed E-state index contributed by atoms with van der Waals surface area (Å²) < 4.78 is 2.15. The Morgan fingerprint density at radius 3 is 2.46 bits per heavy atom. The zero-order valence-corrected chi connectivity index (χ0v) is 14.9. The fourth-order valence-corrected chi connectivity index (χ4v) is 3.44. The van der Waals surface area contributed by atoms with E-state index in [0.29, 0.717) is 19.5 Å². The maximum atomic E-state index is 12.6. The Balaban J connectivity index is 1.40. The van der Waals surface area contributed by atoms with Crippen LogP contribution in [0.25, 0.3) is 21.7 Å². The summed E-state index contributed by atoms with van der Waals surface area (Å²) in [6, 6.07) is 25.1. The van der Waals surface area contributed by atoms with Crippen LogP contribution >= 0.6 is 0 Å². The predicted octanol–water partition coefficient (Wildman–Crippen LogP) is 4.84. The maximum Gasteiger partial charge on any atom is 0.224 e. The zero-order chi connectivity index (χ0) is 17.9. The van der Waals surface area contributed by atoms with Crippen molar-refractivity contribution in [2.75, 3.05) is 7.05 Å². The van der Waals surface area contributed by atoms with Crippen LogP contribution in [0.4, 0.5) is 0 Å². The van der Waals surface area contributed by atoms with Crippen LogP contribution in [-0.4, -0.2) is 22.4 Å². The zero-order valence-electron chi connectivity index (χ0n) is 14.9. The van der Waals surface area contributed by atoms with Gasteiger partial charge in [0.05, 0.1) is 0 Å². The quantitative estimate of drug-likeness (QED) is 0.509. The van der Waals surface area contributed by atoms with E-state index in [1.54, 1.807) is 0 Å². The second kappa shape index (κ2) is 7.04. The fourth-order valence-electron chi connectivity index (χ4n) is 3.44. The molecule has 0 aliphatic heterocycles. The van der Waals surface area contributed by atoms with Gasteiger partial charge in [-0.25, -0.2) is 0 Å². The monoisotopic (exact) mass is 342 g/mol. The summed E-state index contributed by atoms with van der Waals surface area (Å²) in [5.41, 5.74) is 2.34. The van der Waals surface area contributed by atoms with Gasteiger partial charge in [-0.2, -0.15) is 0 Å². The first-order valence-electron chi connectivity index (χ1n) is 8.96. The van der Waals surface area contributed by atoms with Crippen molar-refractivity contribution >= 4 is 27.6 Å². The molecule has 0 atom stereocenters. The first-order valence-corrected chi connectivity index (χ1v) is 8.96. The van der Waals surface area contributed by atoms with E-state index in [1.807, 2.05) is 36.2 Å². The van der Waals surface area contributed by atoms with E-state index >= 15 is 0 Å². The molecule has 4 rings (SSSR count). The lowest BCUT2D eigenvalue weighted by Crippen LogP contribution is -2.27. The van der Waals surface area contributed by atoms with Crippen molar-refractivity contribution in [2.45, 2.75) is 19.5 Å². The first-order chi connectivity index (χ1) is 12.7. The van der Waals surface area contributed by atoms with Gasteiger partial charge in [-0.3, -0.25) is 4.79 Å². The summed E-state index contributed by atoms with van der Waals surface area (Å²) in [6.07, 6.45) is 2.56. The molecule has 1 amide bonds. The van der Waals surface area contributed by atoms with Crippen LogP contribution in [0.5, 0.6) is 0 Å². The van der Waals surface area contributed by atoms with Crippen LogP contribution in [-0.2, 0) is 17.9 Å². The van der Waals surface area contributed by atoms with Crippen molar-refractivity contribution in [1.82, 2.24) is 9.47 Å². The molecule has 130 valence electrons. The van der Waals surface area contributed by atoms with E-state index in [1.165, 1.54) is 21.7 Å². The Morgan fingerprint density at radius 2 is 1.62 bits per heavy atom. The minimum atomic E-state index is 0.163. The van der Waals surface area contributed by atoms with Gasteiger partial charge in [0, 0.05) is 38.3 Å². The van der Waals surface area contributed by atoms with Crippen molar-refractivity contribution in [3.05, 3.63) is 84.6 Å². The summed E-state index contributed by atoms with van der Waals surface area (Å²) >= 11 is 0. The third-order valence-corrected chi connectivity index (χ3v) is 4.91. The molecule has 3 heteroatoms. The van der Waals surface area contributed by atoms with Gasteiger partial charge < -0.3 is 9.47 Å². The Labute approximate surface area is 153 Å². The van der Waals surface area contributed by atoms with Gasteiger partial charge in [-0.15, -0.1) is 0 Å². The van der Waals surface area contributed by atoms with Crippen LogP contribution in [0, 0.1) is 0 Å². The number of hydrogen-bond donors (Lipinski definition) is 0. The number of carbonyl (C=O) groups is 1. The molecule has 0 saturated carbocycles. The molecular weight excluding hydrogens is 320 g/mol. The number of benzene rings is 3. The molecule has 0 saturated heterocycles. The third-order valence-electron chi connectivity index (χ3n) is 4.91. The molecule has 1 heterocycles. The normalized spacial score (nSPS) is 11.1. The average Bonchev–Trinajstić information content (AvgIpc) is 3.09. The summed E-state index contributed by atoms with van der Waals surface area (Å²) in [7, 11) is 1.88. The van der Waals surface area contributed by atoms with Crippen molar-refractivity contribution in [3.8, 4) is 0 Å². The van der Waals surface area contributed by atoms with E-state index in [0.717, 1.165) is 5.56 Å². The molecule has 1 aromatic heterocycles. The number of aryl methyl sites for hydroxylation is 1. The topological polar surface area (TPSA) is 25.2 Å². The molecule has 0 bridgehead atoms. The van der Waals surface area contributed by atoms with E-state index in [2.05, 4.69) is 59.3 Å². The van der Waals surface area contributed by atoms with Crippen LogP contribution in [0.15, 0.2) is 79.0 Å². The first kappa shape index (κ1) is 16.4. The molecule has 4 aromatic rings. The van der Waals surface area contributed by atoms with Crippen molar-refractivity contribution < 1.29 is 4.79 Å². The van der Waals surface area contributed by atoms with Crippen LogP contribution in [0.2, 0.25) is 0 Å². The van der Waals surface area contributed by atoms with Crippen LogP contribution in [0.1, 0.15) is 12.0 Å². The Kier molecular flexibility index (Phi) is 4.44. The highest BCUT2D eigenvalue weighted by Crippen LogP contribution is 2.18. The molecule has 3 aromatic carbocycles. The number of hydrogen-bond acceptors (Lipinski definition) is 1. The number of rotatable bonds is 5. The summed E-state index contributed by atoms with van der Waals surface area (Å²) in [4.78, 5) is 14.4. The Morgan fingerprint density at radius 1 is 0.885 bits per heavy atom. The Hall–Kier alpha value is -3.07. The predicted molar refractivity (Wildman–Crippen MR) is 107 cm³/mol. The van der Waals surface area contributed by atoms with E-state index in [4.69, 9.17) is 0 Å². The minimum absolute atomic E-state index is 0.163. The van der Waals surface area contributed by atoms with E-state index < -0.39 is 0 Å². The lowest BCUT2D eigenvalue weighted by atomic mass is 10.1. The second-order valence-electron chi connectivity index (χ2n) is 6.75. The number of fused-ring (bicyclic) bond motifs is 2. The number of amides is 1. The van der Waals surface area contributed by atoms with Gasteiger partial charge in [-0.1, -0.05) is 54.6 Å². The van der Waals surface area contributed by atoms with Crippen LogP contribution in [0.3, 0.4) is 0 Å². The molecular formula is C23H22N2O. The van der Waals surface area contributed by atoms with Crippen molar-refractivity contribution in [2.24, 2.45) is 0 Å². The van der Waals surface area contributed by atoms with Crippen LogP contribution < -0.4 is 0 Å². The van der Waals surface area contributed by atoms with Gasteiger partial charge in [0.1, 0.15) is 0 Å². The number of carbonyl (C=O) groups excluding carboxylic acids is 1. The SMILES string of the molecule is CN(Cc1ccc2ccccc2c1)C(=O)CCn1ccc2ccccc21. The van der Waals surface area contributed by atoms with Gasteiger partial charge in [0.15, 0.2) is 0 Å². The average molecular weight is 342 g/mol. The van der Waals surface area contributed by atoms with Gasteiger partial charge >= 0.3 is 0 Å². The molecule has 26 heavy (non-hydrogen) atoms. The van der Waals surface area contributed by atoms with Crippen molar-refractivity contribution in [1.29, 1.82) is 0 Å². The van der Waals surface area contributed by atoms with Gasteiger partial charge in [0.2, 0.25) is 5.91 Å². The molecule has 0 aliphatic rings. The third kappa shape index (κ3) is 3.33. The Bertz CT molecular complexity index is 1060. The fraction of sp³-hybridized carbons (Fsp3) is 0.174. The lowest BCUT2D eigenvalue weighted by Gasteiger charge is -2.18. The highest BCUT2D eigenvalue weighted by molar-refractivity contribution is 5.83. The van der Waals surface area contributed by atoms with E-state index in [-0.39, 0.29) is 5.91 Å². The molecule has 0 unspecified atom stereocenters. The molecule has 3 nitrogen and oxygen atoms in total. The number of nitrogens with zero attached hydrogens (tertiary/aromatic N) is 2. The molecule has 0 N–H and O–H groups in total. The highest BCUT2D eigenvalue weighted by atomic mass is 16.2. The molecule has 0 fully saturated rings. The van der Waals surface area contributed by atoms with Crippen molar-refractivity contribution in [3.63, 3.8) is 0 Å². The summed E-state index contributed by atoms with van der Waals surface area (Å²) in [6.45, 7) is 1.34. The number of para-hydroxylation sites is 1. The summed E-state index contributed by atoms with van der Waals surface area (Å²) in [5.74, 6) is 0.163. The standard InChI is InChI=1S/C23H22N2O/c1-24(17-18-10-11-19-6-2-3-8-21(19)16-18)23(26)13-15-25-14-12-20-7-4-5-9-22(20)25/h2-12,14,16H,13,15,17H2,1H3. The second-order valence-corrected chi connectivity index (χ2v) is 6.75. The lowest BCUT2D eigenvalue weighted by molar-refractivity contribution is -0.130. The summed E-state index contributed by atoms with van der Waals surface area (Å²) in [5, 5.41) is 3.65.